The Labute approximate surface area is 115 Å². The number of hydrogen-bond donors (Lipinski definition) is 1. The van der Waals surface area contributed by atoms with Crippen LogP contribution in [-0.4, -0.2) is 4.98 Å². The van der Waals surface area contributed by atoms with Gasteiger partial charge in [-0.1, -0.05) is 18.2 Å². The Balaban J connectivity index is 1.90. The summed E-state index contributed by atoms with van der Waals surface area (Å²) in [7, 11) is 0. The van der Waals surface area contributed by atoms with Gasteiger partial charge in [0.1, 0.15) is 5.52 Å². The number of hydrogen-bond acceptors (Lipinski definition) is 4. The monoisotopic (exact) mass is 270 g/mol. The Morgan fingerprint density at radius 3 is 2.79 bits per heavy atom. The average Bonchev–Trinajstić information content (AvgIpc) is 2.81. The largest absolute Gasteiger partial charge is 0.431 e. The number of para-hydroxylation sites is 2. The van der Waals surface area contributed by atoms with E-state index >= 15 is 0 Å². The summed E-state index contributed by atoms with van der Waals surface area (Å²) in [5.41, 5.74) is 9.74. The van der Waals surface area contributed by atoms with Crippen molar-refractivity contribution in [1.82, 2.24) is 4.98 Å². The molecule has 1 aromatic heterocycles. The van der Waals surface area contributed by atoms with Crippen molar-refractivity contribution in [3.05, 3.63) is 53.6 Å². The second-order valence-corrected chi connectivity index (χ2v) is 5.37. The molecule has 0 aliphatic carbocycles. The standard InChI is InChI=1S/C15H14N2OS/c1-10-8-12(7-6-11(10)9-16)19-15-17-13-4-2-3-5-14(13)18-15/h2-8H,9,16H2,1H3. The van der Waals surface area contributed by atoms with E-state index in [0.717, 1.165) is 16.0 Å². The molecule has 0 saturated carbocycles. The number of aromatic nitrogens is 1. The molecular formula is C15H14N2OS. The van der Waals surface area contributed by atoms with Crippen LogP contribution in [0.2, 0.25) is 0 Å². The molecule has 0 saturated heterocycles. The van der Waals surface area contributed by atoms with E-state index in [9.17, 15) is 0 Å². The van der Waals surface area contributed by atoms with Crippen LogP contribution in [0.15, 0.2) is 57.0 Å². The van der Waals surface area contributed by atoms with Crippen molar-refractivity contribution in [3.8, 4) is 0 Å². The smallest absolute Gasteiger partial charge is 0.261 e. The number of rotatable bonds is 3. The Morgan fingerprint density at radius 2 is 2.05 bits per heavy atom. The summed E-state index contributed by atoms with van der Waals surface area (Å²) in [6.07, 6.45) is 0. The van der Waals surface area contributed by atoms with Crippen molar-refractivity contribution >= 4 is 22.9 Å². The average molecular weight is 270 g/mol. The first-order chi connectivity index (χ1) is 9.26. The first kappa shape index (κ1) is 12.3. The lowest BCUT2D eigenvalue weighted by Crippen LogP contribution is -1.98. The number of fused-ring (bicyclic) bond motifs is 1. The highest BCUT2D eigenvalue weighted by molar-refractivity contribution is 7.99. The van der Waals surface area contributed by atoms with Crippen LogP contribution in [0, 0.1) is 6.92 Å². The van der Waals surface area contributed by atoms with Gasteiger partial charge in [0.15, 0.2) is 5.58 Å². The van der Waals surface area contributed by atoms with Gasteiger partial charge in [0, 0.05) is 11.4 Å². The molecule has 0 unspecified atom stereocenters. The van der Waals surface area contributed by atoms with E-state index in [1.54, 1.807) is 0 Å². The molecule has 0 aliphatic rings. The molecule has 0 radical (unpaired) electrons. The third-order valence-corrected chi connectivity index (χ3v) is 3.85. The summed E-state index contributed by atoms with van der Waals surface area (Å²) in [5.74, 6) is 0. The van der Waals surface area contributed by atoms with Crippen molar-refractivity contribution < 1.29 is 4.42 Å². The molecule has 1 heterocycles. The van der Waals surface area contributed by atoms with Crippen LogP contribution < -0.4 is 5.73 Å². The molecule has 0 amide bonds. The summed E-state index contributed by atoms with van der Waals surface area (Å²) in [6, 6.07) is 14.0. The molecule has 4 heteroatoms. The van der Waals surface area contributed by atoms with E-state index in [0.29, 0.717) is 11.8 Å². The molecule has 0 aliphatic heterocycles. The van der Waals surface area contributed by atoms with Crippen molar-refractivity contribution in [2.75, 3.05) is 0 Å². The van der Waals surface area contributed by atoms with Crippen molar-refractivity contribution in [2.45, 2.75) is 23.6 Å². The van der Waals surface area contributed by atoms with E-state index in [4.69, 9.17) is 10.2 Å². The lowest BCUT2D eigenvalue weighted by molar-refractivity contribution is 0.489. The zero-order chi connectivity index (χ0) is 13.2. The van der Waals surface area contributed by atoms with Crippen molar-refractivity contribution in [2.24, 2.45) is 5.73 Å². The number of nitrogens with zero attached hydrogens (tertiary/aromatic N) is 1. The van der Waals surface area contributed by atoms with Gasteiger partial charge in [-0.25, -0.2) is 4.98 Å². The summed E-state index contributed by atoms with van der Waals surface area (Å²) in [4.78, 5) is 5.56. The Kier molecular flexibility index (Phi) is 3.27. The predicted molar refractivity (Wildman–Crippen MR) is 77.2 cm³/mol. The highest BCUT2D eigenvalue weighted by Gasteiger charge is 2.07. The maximum Gasteiger partial charge on any atom is 0.261 e. The molecule has 19 heavy (non-hydrogen) atoms. The number of oxazole rings is 1. The normalized spacial score (nSPS) is 11.1. The maximum absolute atomic E-state index is 5.70. The van der Waals surface area contributed by atoms with E-state index in [2.05, 4.69) is 30.1 Å². The lowest BCUT2D eigenvalue weighted by atomic mass is 10.1. The second-order valence-electron chi connectivity index (χ2n) is 4.34. The van der Waals surface area contributed by atoms with Gasteiger partial charge in [0.05, 0.1) is 0 Å². The first-order valence-electron chi connectivity index (χ1n) is 6.09. The van der Waals surface area contributed by atoms with Crippen molar-refractivity contribution in [1.29, 1.82) is 0 Å². The van der Waals surface area contributed by atoms with Crippen molar-refractivity contribution in [3.63, 3.8) is 0 Å². The minimum atomic E-state index is 0.569. The molecule has 0 fully saturated rings. The van der Waals surface area contributed by atoms with Crippen LogP contribution >= 0.6 is 11.8 Å². The third kappa shape index (κ3) is 2.50. The quantitative estimate of drug-likeness (QED) is 0.787. The highest BCUT2D eigenvalue weighted by atomic mass is 32.2. The van der Waals surface area contributed by atoms with Crippen LogP contribution in [0.1, 0.15) is 11.1 Å². The fourth-order valence-corrected chi connectivity index (χ4v) is 2.81. The minimum Gasteiger partial charge on any atom is -0.431 e. The van der Waals surface area contributed by atoms with Gasteiger partial charge in [-0.05, 0) is 54.1 Å². The molecule has 3 aromatic rings. The van der Waals surface area contributed by atoms with E-state index in [1.807, 2.05) is 24.3 Å². The van der Waals surface area contributed by atoms with Gasteiger partial charge in [-0.3, -0.25) is 0 Å². The predicted octanol–water partition coefficient (Wildman–Crippen LogP) is 3.75. The number of aryl methyl sites for hydroxylation is 1. The SMILES string of the molecule is Cc1cc(Sc2nc3ccccc3o2)ccc1CN. The zero-order valence-electron chi connectivity index (χ0n) is 10.6. The van der Waals surface area contributed by atoms with Gasteiger partial charge in [0.2, 0.25) is 0 Å². The van der Waals surface area contributed by atoms with Gasteiger partial charge in [0.25, 0.3) is 5.22 Å². The molecule has 2 aromatic carbocycles. The van der Waals surface area contributed by atoms with E-state index in [-0.39, 0.29) is 0 Å². The molecule has 0 bridgehead atoms. The van der Waals surface area contributed by atoms with Crippen LogP contribution in [0.4, 0.5) is 0 Å². The van der Waals surface area contributed by atoms with Gasteiger partial charge in [-0.15, -0.1) is 0 Å². The summed E-state index contributed by atoms with van der Waals surface area (Å²) in [6.45, 7) is 2.64. The molecule has 0 atom stereocenters. The van der Waals surface area contributed by atoms with E-state index in [1.165, 1.54) is 22.9 Å². The fourth-order valence-electron chi connectivity index (χ4n) is 1.96. The van der Waals surface area contributed by atoms with Gasteiger partial charge >= 0.3 is 0 Å². The highest BCUT2D eigenvalue weighted by Crippen LogP contribution is 2.30. The molecule has 3 nitrogen and oxygen atoms in total. The number of nitrogens with two attached hydrogens (primary N) is 1. The van der Waals surface area contributed by atoms with Crippen LogP contribution in [0.25, 0.3) is 11.1 Å². The molecule has 2 N–H and O–H groups in total. The summed E-state index contributed by atoms with van der Waals surface area (Å²) >= 11 is 1.53. The molecule has 0 spiro atoms. The maximum atomic E-state index is 5.70. The van der Waals surface area contributed by atoms with Crippen LogP contribution in [-0.2, 0) is 6.54 Å². The Morgan fingerprint density at radius 1 is 1.21 bits per heavy atom. The number of benzene rings is 2. The fraction of sp³-hybridized carbons (Fsp3) is 0.133. The molecular weight excluding hydrogens is 256 g/mol. The molecule has 96 valence electrons. The first-order valence-corrected chi connectivity index (χ1v) is 6.91. The summed E-state index contributed by atoms with van der Waals surface area (Å²) < 4.78 is 5.70. The van der Waals surface area contributed by atoms with Crippen LogP contribution in [0.3, 0.4) is 0 Å². The zero-order valence-corrected chi connectivity index (χ0v) is 11.4. The van der Waals surface area contributed by atoms with E-state index < -0.39 is 0 Å². The minimum absolute atomic E-state index is 0.569. The summed E-state index contributed by atoms with van der Waals surface area (Å²) in [5, 5.41) is 0.668. The van der Waals surface area contributed by atoms with Gasteiger partial charge < -0.3 is 10.2 Å². The molecule has 3 rings (SSSR count). The second kappa shape index (κ2) is 5.07. The lowest BCUT2D eigenvalue weighted by Gasteiger charge is -2.04. The van der Waals surface area contributed by atoms with Gasteiger partial charge in [-0.2, -0.15) is 0 Å². The van der Waals surface area contributed by atoms with Crippen LogP contribution in [0.5, 0.6) is 0 Å². The third-order valence-electron chi connectivity index (χ3n) is 3.01. The Hall–Kier alpha value is -1.78. The Bertz CT molecular complexity index is 688. The topological polar surface area (TPSA) is 52.0 Å².